The first kappa shape index (κ1) is 25.9. The summed E-state index contributed by atoms with van der Waals surface area (Å²) in [5.41, 5.74) is 0.401. The Hall–Kier alpha value is -2.21. The Bertz CT molecular complexity index is 975. The first-order valence-corrected chi connectivity index (χ1v) is 12.7. The highest BCUT2D eigenvalue weighted by Gasteiger charge is 2.36. The van der Waals surface area contributed by atoms with Gasteiger partial charge in [0.25, 0.3) is 5.19 Å². The molecule has 0 radical (unpaired) electrons. The molecule has 12 heteroatoms. The summed E-state index contributed by atoms with van der Waals surface area (Å²) >= 11 is 1.17. The molecule has 2 aliphatic rings. The van der Waals surface area contributed by atoms with E-state index in [0.717, 1.165) is 22.7 Å². The zero-order valence-electron chi connectivity index (χ0n) is 19.7. The van der Waals surface area contributed by atoms with E-state index < -0.39 is 18.5 Å². The van der Waals surface area contributed by atoms with Gasteiger partial charge in [-0.3, -0.25) is 9.48 Å². The number of nitrogens with one attached hydrogen (secondary N) is 1. The van der Waals surface area contributed by atoms with Gasteiger partial charge in [-0.1, -0.05) is 11.3 Å². The smallest absolute Gasteiger partial charge is 0.422 e. The zero-order valence-corrected chi connectivity index (χ0v) is 20.6. The zero-order chi connectivity index (χ0) is 25.1. The third kappa shape index (κ3) is 7.63. The number of hydrogen-bond donors (Lipinski definition) is 1. The molecule has 1 fully saturated rings. The Kier molecular flexibility index (Phi) is 7.99. The van der Waals surface area contributed by atoms with Crippen LogP contribution >= 0.6 is 11.3 Å². The van der Waals surface area contributed by atoms with Crippen LogP contribution in [0.15, 0.2) is 12.4 Å². The quantitative estimate of drug-likeness (QED) is 0.542. The lowest BCUT2D eigenvalue weighted by molar-refractivity contribution is -0.153. The first-order valence-electron chi connectivity index (χ1n) is 11.9. The van der Waals surface area contributed by atoms with Gasteiger partial charge in [0.05, 0.1) is 18.3 Å². The molecule has 0 saturated heterocycles. The summed E-state index contributed by atoms with van der Waals surface area (Å²) in [5.74, 6) is -0.0630. The second-order valence-electron chi connectivity index (χ2n) is 9.54. The number of thiazole rings is 1. The van der Waals surface area contributed by atoms with E-state index in [4.69, 9.17) is 4.74 Å². The normalized spacial score (nSPS) is 23.5. The Morgan fingerprint density at radius 3 is 2.71 bits per heavy atom. The topological polar surface area (TPSA) is 72.3 Å². The van der Waals surface area contributed by atoms with Crippen molar-refractivity contribution in [3.05, 3.63) is 28.5 Å². The molecular weight excluding hydrogens is 486 g/mol. The minimum atomic E-state index is -4.38. The number of hydrogen-bond acceptors (Lipinski definition) is 6. The summed E-state index contributed by atoms with van der Waals surface area (Å²) < 4.78 is 59.0. The van der Waals surface area contributed by atoms with E-state index in [2.05, 4.69) is 20.3 Å². The molecule has 0 atom stereocenters. The van der Waals surface area contributed by atoms with E-state index >= 15 is 4.39 Å². The standard InChI is InChI=1S/C23H31F4N5O2S/c1-31-14-16(13-28-31)12-20(33)29-17-2-6-22(24,7-3-17)8-11-32-9-4-18-19(5-10-32)35-21(30-18)34-15-23(25,26)27/h13-14,17H,2-12,15H2,1H3,(H,29,33)/t17-,22+. The van der Waals surface area contributed by atoms with Crippen molar-refractivity contribution >= 4 is 17.2 Å². The van der Waals surface area contributed by atoms with E-state index in [1.807, 2.05) is 6.20 Å². The number of fused-ring (bicyclic) bond motifs is 1. The first-order chi connectivity index (χ1) is 16.6. The number of carbonyl (C=O) groups excluding carboxylic acids is 1. The molecule has 0 bridgehead atoms. The monoisotopic (exact) mass is 517 g/mol. The van der Waals surface area contributed by atoms with Gasteiger partial charge >= 0.3 is 6.18 Å². The fourth-order valence-corrected chi connectivity index (χ4v) is 5.67. The van der Waals surface area contributed by atoms with E-state index in [1.54, 1.807) is 17.9 Å². The van der Waals surface area contributed by atoms with Crippen molar-refractivity contribution in [2.75, 3.05) is 26.2 Å². The van der Waals surface area contributed by atoms with Gasteiger partial charge in [0.2, 0.25) is 5.91 Å². The maximum absolute atomic E-state index is 15.5. The van der Waals surface area contributed by atoms with E-state index in [-0.39, 0.29) is 23.6 Å². The highest BCUT2D eigenvalue weighted by atomic mass is 32.1. The summed E-state index contributed by atoms with van der Waals surface area (Å²) in [5, 5.41) is 7.15. The molecule has 2 aromatic heterocycles. The number of rotatable bonds is 8. The number of aryl methyl sites for hydroxylation is 1. The van der Waals surface area contributed by atoms with Crippen LogP contribution in [0.25, 0.3) is 0 Å². The molecule has 2 aromatic rings. The van der Waals surface area contributed by atoms with Crippen LogP contribution in [-0.2, 0) is 31.1 Å². The fraction of sp³-hybridized carbons (Fsp3) is 0.696. The fourth-order valence-electron chi connectivity index (χ4n) is 4.73. The predicted molar refractivity (Wildman–Crippen MR) is 123 cm³/mol. The molecule has 35 heavy (non-hydrogen) atoms. The van der Waals surface area contributed by atoms with Gasteiger partial charge in [0.1, 0.15) is 5.67 Å². The third-order valence-electron chi connectivity index (χ3n) is 6.68. The molecule has 0 aromatic carbocycles. The molecule has 0 spiro atoms. The molecule has 1 aliphatic heterocycles. The largest absolute Gasteiger partial charge is 0.460 e. The predicted octanol–water partition coefficient (Wildman–Crippen LogP) is 3.62. The van der Waals surface area contributed by atoms with Crippen molar-refractivity contribution in [1.82, 2.24) is 25.0 Å². The lowest BCUT2D eigenvalue weighted by Gasteiger charge is -2.35. The summed E-state index contributed by atoms with van der Waals surface area (Å²) in [4.78, 5) is 19.7. The molecule has 3 heterocycles. The molecule has 1 saturated carbocycles. The molecule has 1 aliphatic carbocycles. The molecule has 4 rings (SSSR count). The minimum Gasteiger partial charge on any atom is -0.460 e. The maximum atomic E-state index is 15.5. The van der Waals surface area contributed by atoms with Crippen molar-refractivity contribution < 1.29 is 27.1 Å². The molecule has 1 N–H and O–H groups in total. The van der Waals surface area contributed by atoms with Crippen LogP contribution in [0.5, 0.6) is 5.19 Å². The Balaban J connectivity index is 1.17. The van der Waals surface area contributed by atoms with E-state index in [9.17, 15) is 18.0 Å². The van der Waals surface area contributed by atoms with E-state index in [1.165, 1.54) is 11.3 Å². The number of aromatic nitrogens is 3. The van der Waals surface area contributed by atoms with Crippen molar-refractivity contribution in [2.45, 2.75) is 69.3 Å². The third-order valence-corrected chi connectivity index (χ3v) is 7.75. The average Bonchev–Trinajstić information content (AvgIpc) is 3.33. The van der Waals surface area contributed by atoms with Crippen LogP contribution in [0.4, 0.5) is 17.6 Å². The Morgan fingerprint density at radius 2 is 2.03 bits per heavy atom. The van der Waals surface area contributed by atoms with Gasteiger partial charge in [-0.05, 0) is 44.1 Å². The lowest BCUT2D eigenvalue weighted by atomic mass is 9.81. The SMILES string of the molecule is Cn1cc(CC(=O)N[C@H]2CC[C@](F)(CCN3CCc4nc(OCC(F)(F)F)sc4CC3)CC2)cn1. The second-order valence-corrected chi connectivity index (χ2v) is 10.6. The van der Waals surface area contributed by atoms with Crippen molar-refractivity contribution in [3.8, 4) is 5.19 Å². The lowest BCUT2D eigenvalue weighted by Crippen LogP contribution is -2.43. The summed E-state index contributed by atoms with van der Waals surface area (Å²) in [6.45, 7) is 0.704. The summed E-state index contributed by atoms with van der Waals surface area (Å²) in [7, 11) is 1.80. The van der Waals surface area contributed by atoms with Gasteiger partial charge < -0.3 is 15.0 Å². The van der Waals surface area contributed by atoms with Crippen LogP contribution in [0.1, 0.15) is 48.2 Å². The van der Waals surface area contributed by atoms with Gasteiger partial charge in [0, 0.05) is 50.2 Å². The summed E-state index contributed by atoms with van der Waals surface area (Å²) in [6, 6.07) is -0.00273. The van der Waals surface area contributed by atoms with Gasteiger partial charge in [-0.2, -0.15) is 18.3 Å². The van der Waals surface area contributed by atoms with Crippen LogP contribution in [0, 0.1) is 0 Å². The van der Waals surface area contributed by atoms with E-state index in [0.29, 0.717) is 58.0 Å². The number of carbonyl (C=O) groups is 1. The molecule has 0 unspecified atom stereocenters. The molecule has 1 amide bonds. The number of halogens is 4. The van der Waals surface area contributed by atoms with Gasteiger partial charge in [0.15, 0.2) is 6.61 Å². The molecule has 7 nitrogen and oxygen atoms in total. The molecular formula is C23H31F4N5O2S. The van der Waals surface area contributed by atoms with Crippen molar-refractivity contribution in [1.29, 1.82) is 0 Å². The minimum absolute atomic E-state index is 0.00273. The molecule has 194 valence electrons. The number of amides is 1. The van der Waals surface area contributed by atoms with Crippen LogP contribution < -0.4 is 10.1 Å². The highest BCUT2D eigenvalue weighted by Crippen LogP contribution is 2.36. The van der Waals surface area contributed by atoms with Gasteiger partial charge in [-0.25, -0.2) is 9.37 Å². The number of nitrogens with zero attached hydrogens (tertiary/aromatic N) is 4. The van der Waals surface area contributed by atoms with Crippen LogP contribution in [0.2, 0.25) is 0 Å². The number of ether oxygens (including phenoxy) is 1. The Morgan fingerprint density at radius 1 is 1.29 bits per heavy atom. The van der Waals surface area contributed by atoms with Gasteiger partial charge in [-0.15, -0.1) is 0 Å². The highest BCUT2D eigenvalue weighted by molar-refractivity contribution is 7.13. The van der Waals surface area contributed by atoms with Crippen molar-refractivity contribution in [2.24, 2.45) is 7.05 Å². The average molecular weight is 518 g/mol. The summed E-state index contributed by atoms with van der Waals surface area (Å²) in [6.07, 6.45) is 3.19. The maximum Gasteiger partial charge on any atom is 0.422 e. The van der Waals surface area contributed by atoms with Crippen LogP contribution in [-0.4, -0.2) is 69.7 Å². The number of alkyl halides is 4. The Labute approximate surface area is 205 Å². The van der Waals surface area contributed by atoms with Crippen LogP contribution in [0.3, 0.4) is 0 Å². The van der Waals surface area contributed by atoms with Crippen molar-refractivity contribution in [3.63, 3.8) is 0 Å². The second kappa shape index (κ2) is 10.8.